The third kappa shape index (κ3) is 4.44. The van der Waals surface area contributed by atoms with Gasteiger partial charge in [0.25, 0.3) is 0 Å². The molecule has 35 heavy (non-hydrogen) atoms. The molecule has 180 valence electrons. The van der Waals surface area contributed by atoms with Gasteiger partial charge in [-0.1, -0.05) is 24.6 Å². The average molecular weight is 493 g/mol. The summed E-state index contributed by atoms with van der Waals surface area (Å²) in [5.41, 5.74) is 2.21. The van der Waals surface area contributed by atoms with Crippen LogP contribution in [0.1, 0.15) is 19.8 Å². The van der Waals surface area contributed by atoms with E-state index >= 15 is 0 Å². The van der Waals surface area contributed by atoms with E-state index in [1.165, 1.54) is 21.3 Å². The number of nitrogens with zero attached hydrogens (tertiary/aromatic N) is 4. The fraction of sp³-hybridized carbons (Fsp3) is 0.259. The molecule has 0 radical (unpaired) electrons. The summed E-state index contributed by atoms with van der Waals surface area (Å²) in [5, 5.41) is 11.5. The van der Waals surface area contributed by atoms with Crippen LogP contribution in [-0.2, 0) is 7.05 Å². The number of phenols is 1. The molecule has 0 atom stereocenters. The molecule has 2 aromatic carbocycles. The lowest BCUT2D eigenvalue weighted by Gasteiger charge is -2.31. The number of halogens is 2. The Labute approximate surface area is 207 Å². The Balaban J connectivity index is 1.53. The predicted molar refractivity (Wildman–Crippen MR) is 137 cm³/mol. The van der Waals surface area contributed by atoms with Gasteiger partial charge in [0.15, 0.2) is 0 Å². The zero-order chi connectivity index (χ0) is 24.7. The molecule has 0 spiro atoms. The molecule has 1 aliphatic heterocycles. The molecule has 0 aliphatic carbocycles. The Morgan fingerprint density at radius 2 is 1.71 bits per heavy atom. The fourth-order valence-corrected chi connectivity index (χ4v) is 4.82. The van der Waals surface area contributed by atoms with E-state index in [1.54, 1.807) is 49.9 Å². The molecule has 0 bridgehead atoms. The maximum Gasteiger partial charge on any atom is 0.332 e. The smallest absolute Gasteiger partial charge is 0.332 e. The second-order valence-electron chi connectivity index (χ2n) is 9.15. The third-order valence-corrected chi connectivity index (χ3v) is 7.01. The highest BCUT2D eigenvalue weighted by Gasteiger charge is 2.20. The summed E-state index contributed by atoms with van der Waals surface area (Å²) >= 11 is 6.50. The summed E-state index contributed by atoms with van der Waals surface area (Å²) < 4.78 is 17.6. The molecule has 0 saturated carbocycles. The summed E-state index contributed by atoms with van der Waals surface area (Å²) in [7, 11) is 1.66. The van der Waals surface area contributed by atoms with E-state index in [1.807, 2.05) is 6.07 Å². The van der Waals surface area contributed by atoms with E-state index in [4.69, 9.17) is 11.6 Å². The number of hydrogen-bond acceptors (Lipinski definition) is 4. The number of pyridine rings is 1. The highest BCUT2D eigenvalue weighted by molar-refractivity contribution is 6.32. The molecule has 0 unspecified atom stereocenters. The van der Waals surface area contributed by atoms with E-state index in [0.717, 1.165) is 31.7 Å². The van der Waals surface area contributed by atoms with Crippen molar-refractivity contribution in [3.05, 3.63) is 82.4 Å². The number of piperidine rings is 1. The van der Waals surface area contributed by atoms with Gasteiger partial charge in [-0.25, -0.2) is 14.2 Å². The molecular formula is C27H26ClFN4O2. The number of rotatable bonds is 4. The van der Waals surface area contributed by atoms with Gasteiger partial charge in [-0.15, -0.1) is 0 Å². The number of benzene rings is 2. The maximum absolute atomic E-state index is 14.8. The van der Waals surface area contributed by atoms with Crippen molar-refractivity contribution in [1.29, 1.82) is 0 Å². The van der Waals surface area contributed by atoms with Crippen LogP contribution in [-0.4, -0.2) is 32.3 Å². The van der Waals surface area contributed by atoms with Crippen molar-refractivity contribution in [2.24, 2.45) is 13.0 Å². The molecule has 5 rings (SSSR count). The van der Waals surface area contributed by atoms with E-state index < -0.39 is 5.82 Å². The number of imidazole rings is 1. The normalized spacial score (nSPS) is 14.5. The van der Waals surface area contributed by atoms with Gasteiger partial charge in [0.05, 0.1) is 10.7 Å². The van der Waals surface area contributed by atoms with Crippen LogP contribution in [0.2, 0.25) is 5.02 Å². The van der Waals surface area contributed by atoms with Crippen molar-refractivity contribution in [1.82, 2.24) is 14.1 Å². The molecule has 0 amide bonds. The summed E-state index contributed by atoms with van der Waals surface area (Å²) in [6.07, 6.45) is 7.17. The lowest BCUT2D eigenvalue weighted by atomic mass is 9.96. The Bertz CT molecular complexity index is 1450. The molecule has 1 N–H and O–H groups in total. The van der Waals surface area contributed by atoms with Crippen LogP contribution < -0.4 is 10.6 Å². The minimum absolute atomic E-state index is 0.0449. The van der Waals surface area contributed by atoms with Crippen molar-refractivity contribution in [2.45, 2.75) is 19.8 Å². The highest BCUT2D eigenvalue weighted by atomic mass is 35.5. The second-order valence-corrected chi connectivity index (χ2v) is 9.56. The van der Waals surface area contributed by atoms with Gasteiger partial charge in [0.1, 0.15) is 17.4 Å². The standard InChI is InChI=1S/C27H26ClFN4O2/c1-17-6-9-32(10-7-17)25-14-19(5-8-30-25)22-16-20(29)15-21(26(22)34)18-3-4-24(23(28)13-18)33-12-11-31(2)27(33)35/h3-5,8,11-17,34H,6-7,9-10H2,1-2H3. The van der Waals surface area contributed by atoms with Crippen LogP contribution in [0.4, 0.5) is 10.2 Å². The van der Waals surface area contributed by atoms with Crippen molar-refractivity contribution in [3.8, 4) is 33.7 Å². The first-order chi connectivity index (χ1) is 16.8. The van der Waals surface area contributed by atoms with Gasteiger partial charge in [0.2, 0.25) is 0 Å². The molecule has 1 saturated heterocycles. The maximum atomic E-state index is 14.8. The van der Waals surface area contributed by atoms with Crippen molar-refractivity contribution < 1.29 is 9.50 Å². The van der Waals surface area contributed by atoms with Crippen LogP contribution in [0.15, 0.2) is 65.8 Å². The van der Waals surface area contributed by atoms with Crippen molar-refractivity contribution >= 4 is 17.4 Å². The first kappa shape index (κ1) is 23.2. The third-order valence-electron chi connectivity index (χ3n) is 6.70. The van der Waals surface area contributed by atoms with Gasteiger partial charge in [-0.05, 0) is 66.3 Å². The van der Waals surface area contributed by atoms with Gasteiger partial charge < -0.3 is 14.6 Å². The molecule has 2 aromatic heterocycles. The lowest BCUT2D eigenvalue weighted by Crippen LogP contribution is -2.33. The quantitative estimate of drug-likeness (QED) is 0.400. The zero-order valence-electron chi connectivity index (χ0n) is 19.6. The van der Waals surface area contributed by atoms with E-state index in [0.29, 0.717) is 38.9 Å². The number of aryl methyl sites for hydroxylation is 1. The Kier molecular flexibility index (Phi) is 6.11. The Morgan fingerprint density at radius 1 is 1.03 bits per heavy atom. The number of phenolic OH excluding ortho intramolecular Hbond substituents is 1. The Morgan fingerprint density at radius 3 is 2.34 bits per heavy atom. The molecular weight excluding hydrogens is 467 g/mol. The van der Waals surface area contributed by atoms with Crippen molar-refractivity contribution in [3.63, 3.8) is 0 Å². The largest absolute Gasteiger partial charge is 0.507 e. The number of anilines is 1. The average Bonchev–Trinajstić information content (AvgIpc) is 3.18. The number of aromatic nitrogens is 3. The second kappa shape index (κ2) is 9.23. The first-order valence-electron chi connectivity index (χ1n) is 11.6. The van der Waals surface area contributed by atoms with E-state index in [9.17, 15) is 14.3 Å². The molecule has 3 heterocycles. The summed E-state index contributed by atoms with van der Waals surface area (Å²) in [4.78, 5) is 19.0. The molecule has 1 aliphatic rings. The first-order valence-corrected chi connectivity index (χ1v) is 12.0. The van der Waals surface area contributed by atoms with Gasteiger partial charge >= 0.3 is 5.69 Å². The van der Waals surface area contributed by atoms with Crippen LogP contribution in [0, 0.1) is 11.7 Å². The predicted octanol–water partition coefficient (Wildman–Crippen LogP) is 5.64. The number of aromatic hydroxyl groups is 1. The van der Waals surface area contributed by atoms with E-state index in [2.05, 4.69) is 16.8 Å². The van der Waals surface area contributed by atoms with E-state index in [-0.39, 0.29) is 11.4 Å². The minimum Gasteiger partial charge on any atom is -0.507 e. The molecule has 6 nitrogen and oxygen atoms in total. The highest BCUT2D eigenvalue weighted by Crippen LogP contribution is 2.41. The SMILES string of the molecule is CC1CCN(c2cc(-c3cc(F)cc(-c4ccc(-n5ccn(C)c5=O)c(Cl)c4)c3O)ccn2)CC1. The topological polar surface area (TPSA) is 63.3 Å². The fourth-order valence-electron chi connectivity index (χ4n) is 4.55. The van der Waals surface area contributed by atoms with Crippen LogP contribution in [0.5, 0.6) is 5.75 Å². The monoisotopic (exact) mass is 492 g/mol. The van der Waals surface area contributed by atoms with Gasteiger partial charge in [0, 0.05) is 49.9 Å². The zero-order valence-corrected chi connectivity index (χ0v) is 20.3. The molecule has 1 fully saturated rings. The van der Waals surface area contributed by atoms with Crippen LogP contribution >= 0.6 is 11.6 Å². The van der Waals surface area contributed by atoms with Crippen LogP contribution in [0.25, 0.3) is 27.9 Å². The van der Waals surface area contributed by atoms with Gasteiger partial charge in [-0.2, -0.15) is 0 Å². The minimum atomic E-state index is -0.475. The number of hydrogen-bond donors (Lipinski definition) is 1. The van der Waals surface area contributed by atoms with Gasteiger partial charge in [-0.3, -0.25) is 4.57 Å². The Hall–Kier alpha value is -3.58. The lowest BCUT2D eigenvalue weighted by molar-refractivity contribution is 0.436. The molecule has 4 aromatic rings. The summed E-state index contributed by atoms with van der Waals surface area (Å²) in [5.74, 6) is 0.997. The molecule has 8 heteroatoms. The summed E-state index contributed by atoms with van der Waals surface area (Å²) in [6, 6.07) is 11.3. The van der Waals surface area contributed by atoms with Crippen LogP contribution in [0.3, 0.4) is 0 Å². The van der Waals surface area contributed by atoms with Crippen molar-refractivity contribution in [2.75, 3.05) is 18.0 Å². The summed E-state index contributed by atoms with van der Waals surface area (Å²) in [6.45, 7) is 4.10.